The van der Waals surface area contributed by atoms with Crippen LogP contribution in [-0.2, 0) is 29.1 Å². The first-order valence-electron chi connectivity index (χ1n) is 5.16. The summed E-state index contributed by atoms with van der Waals surface area (Å²) < 4.78 is 6.75. The number of rotatable bonds is 6. The number of methoxy groups -OCH3 is 1. The highest BCUT2D eigenvalue weighted by molar-refractivity contribution is 5.69. The third-order valence-electron chi connectivity index (χ3n) is 2.06. The highest BCUT2D eigenvalue weighted by Crippen LogP contribution is 2.10. The monoisotopic (exact) mass is 227 g/mol. The molecule has 16 heavy (non-hydrogen) atoms. The summed E-state index contributed by atoms with van der Waals surface area (Å²) in [5.74, 6) is -0.482. The van der Waals surface area contributed by atoms with Crippen LogP contribution in [0.4, 0.5) is 0 Å². The van der Waals surface area contributed by atoms with E-state index in [2.05, 4.69) is 24.2 Å². The third-order valence-corrected chi connectivity index (χ3v) is 2.06. The molecule has 0 fully saturated rings. The largest absolute Gasteiger partial charge is 0.481 e. The topological polar surface area (TPSA) is 77.2 Å². The van der Waals surface area contributed by atoms with Gasteiger partial charge in [0, 0.05) is 13.7 Å². The van der Waals surface area contributed by atoms with Crippen molar-refractivity contribution in [3.05, 3.63) is 11.4 Å². The number of aliphatic carboxylic acids is 1. The Morgan fingerprint density at radius 2 is 2.25 bits per heavy atom. The average Bonchev–Trinajstić information content (AvgIpc) is 2.49. The van der Waals surface area contributed by atoms with Gasteiger partial charge in [0.05, 0.1) is 24.4 Å². The van der Waals surface area contributed by atoms with Gasteiger partial charge in [-0.15, -0.1) is 5.10 Å². The number of ether oxygens (including phenoxy) is 1. The summed E-state index contributed by atoms with van der Waals surface area (Å²) in [4.78, 5) is 10.6. The normalized spacial score (nSPS) is 11.0. The molecule has 0 aliphatic rings. The van der Waals surface area contributed by atoms with E-state index in [9.17, 15) is 4.79 Å². The Morgan fingerprint density at radius 3 is 2.75 bits per heavy atom. The molecule has 0 bridgehead atoms. The molecule has 90 valence electrons. The Kier molecular flexibility index (Phi) is 4.42. The van der Waals surface area contributed by atoms with E-state index in [1.54, 1.807) is 11.8 Å². The molecule has 1 heterocycles. The van der Waals surface area contributed by atoms with Gasteiger partial charge in [0.2, 0.25) is 0 Å². The molecular weight excluding hydrogens is 210 g/mol. The van der Waals surface area contributed by atoms with Gasteiger partial charge in [0.1, 0.15) is 0 Å². The molecule has 0 aliphatic heterocycles. The molecule has 1 aromatic heterocycles. The van der Waals surface area contributed by atoms with Crippen molar-refractivity contribution in [2.24, 2.45) is 5.92 Å². The first-order valence-corrected chi connectivity index (χ1v) is 5.16. The lowest BCUT2D eigenvalue weighted by Gasteiger charge is -2.08. The number of carboxylic acids is 1. The van der Waals surface area contributed by atoms with Crippen LogP contribution in [0.15, 0.2) is 0 Å². The van der Waals surface area contributed by atoms with E-state index < -0.39 is 5.97 Å². The maximum Gasteiger partial charge on any atom is 0.309 e. The minimum absolute atomic E-state index is 0.114. The lowest BCUT2D eigenvalue weighted by Crippen LogP contribution is -2.12. The van der Waals surface area contributed by atoms with Crippen molar-refractivity contribution in [2.45, 2.75) is 33.4 Å². The van der Waals surface area contributed by atoms with Crippen molar-refractivity contribution in [1.29, 1.82) is 0 Å². The zero-order chi connectivity index (χ0) is 12.1. The van der Waals surface area contributed by atoms with Gasteiger partial charge in [0.25, 0.3) is 0 Å². The quantitative estimate of drug-likeness (QED) is 0.774. The third kappa shape index (κ3) is 3.30. The lowest BCUT2D eigenvalue weighted by atomic mass is 10.2. The molecule has 0 spiro atoms. The van der Waals surface area contributed by atoms with E-state index in [-0.39, 0.29) is 6.42 Å². The van der Waals surface area contributed by atoms with Crippen molar-refractivity contribution in [3.63, 3.8) is 0 Å². The van der Waals surface area contributed by atoms with Crippen LogP contribution in [0.3, 0.4) is 0 Å². The fraction of sp³-hybridized carbons (Fsp3) is 0.700. The summed E-state index contributed by atoms with van der Waals surface area (Å²) in [7, 11) is 1.57. The summed E-state index contributed by atoms with van der Waals surface area (Å²) in [5.41, 5.74) is 1.23. The summed E-state index contributed by atoms with van der Waals surface area (Å²) >= 11 is 0. The van der Waals surface area contributed by atoms with Crippen molar-refractivity contribution in [3.8, 4) is 0 Å². The zero-order valence-corrected chi connectivity index (χ0v) is 9.80. The molecular formula is C10H17N3O3. The first kappa shape index (κ1) is 12.6. The van der Waals surface area contributed by atoms with Crippen molar-refractivity contribution in [1.82, 2.24) is 15.0 Å². The molecule has 1 rings (SSSR count). The Bertz CT molecular complexity index is 360. The SMILES string of the molecule is COCc1c(CC(=O)O)nnn1CC(C)C. The molecule has 0 saturated carbocycles. The zero-order valence-electron chi connectivity index (χ0n) is 9.80. The van der Waals surface area contributed by atoms with Gasteiger partial charge >= 0.3 is 5.97 Å². The molecule has 0 amide bonds. The summed E-state index contributed by atoms with van der Waals surface area (Å²) in [6.45, 7) is 5.18. The highest BCUT2D eigenvalue weighted by atomic mass is 16.5. The number of carboxylic acid groups (broad SMARTS) is 1. The Morgan fingerprint density at radius 1 is 1.56 bits per heavy atom. The second-order valence-corrected chi connectivity index (χ2v) is 4.06. The van der Waals surface area contributed by atoms with E-state index >= 15 is 0 Å². The van der Waals surface area contributed by atoms with Crippen LogP contribution in [0, 0.1) is 5.92 Å². The minimum atomic E-state index is -0.908. The first-order chi connectivity index (χ1) is 7.54. The Labute approximate surface area is 94.2 Å². The Balaban J connectivity index is 2.91. The molecule has 6 heteroatoms. The van der Waals surface area contributed by atoms with Crippen LogP contribution >= 0.6 is 0 Å². The van der Waals surface area contributed by atoms with Crippen LogP contribution in [-0.4, -0.2) is 33.2 Å². The van der Waals surface area contributed by atoms with Crippen LogP contribution < -0.4 is 0 Å². The molecule has 0 saturated heterocycles. The fourth-order valence-electron chi connectivity index (χ4n) is 1.44. The van der Waals surface area contributed by atoms with Gasteiger partial charge in [-0.2, -0.15) is 0 Å². The second-order valence-electron chi connectivity index (χ2n) is 4.06. The van der Waals surface area contributed by atoms with Gasteiger partial charge in [0.15, 0.2) is 0 Å². The maximum absolute atomic E-state index is 10.6. The molecule has 0 atom stereocenters. The van der Waals surface area contributed by atoms with Crippen molar-refractivity contribution >= 4 is 5.97 Å². The smallest absolute Gasteiger partial charge is 0.309 e. The summed E-state index contributed by atoms with van der Waals surface area (Å²) in [6, 6.07) is 0. The average molecular weight is 227 g/mol. The van der Waals surface area contributed by atoms with Gasteiger partial charge in [-0.3, -0.25) is 4.79 Å². The molecule has 0 unspecified atom stereocenters. The van der Waals surface area contributed by atoms with Gasteiger partial charge in [-0.05, 0) is 5.92 Å². The molecule has 0 aliphatic carbocycles. The van der Waals surface area contributed by atoms with Crippen molar-refractivity contribution < 1.29 is 14.6 Å². The number of nitrogens with zero attached hydrogens (tertiary/aromatic N) is 3. The van der Waals surface area contributed by atoms with E-state index in [4.69, 9.17) is 9.84 Å². The van der Waals surface area contributed by atoms with Crippen molar-refractivity contribution in [2.75, 3.05) is 7.11 Å². The predicted molar refractivity (Wildman–Crippen MR) is 56.9 cm³/mol. The van der Waals surface area contributed by atoms with E-state index in [1.165, 1.54) is 0 Å². The molecule has 6 nitrogen and oxygen atoms in total. The van der Waals surface area contributed by atoms with E-state index in [0.29, 0.717) is 24.8 Å². The lowest BCUT2D eigenvalue weighted by molar-refractivity contribution is -0.136. The number of hydrogen-bond acceptors (Lipinski definition) is 4. The van der Waals surface area contributed by atoms with Crippen LogP contribution in [0.2, 0.25) is 0 Å². The number of aromatic nitrogens is 3. The van der Waals surface area contributed by atoms with Gasteiger partial charge in [-0.25, -0.2) is 4.68 Å². The summed E-state index contributed by atoms with van der Waals surface area (Å²) in [5, 5.41) is 16.6. The standard InChI is InChI=1S/C10H17N3O3/c1-7(2)5-13-9(6-16-3)8(11-12-13)4-10(14)15/h7H,4-6H2,1-3H3,(H,14,15). The van der Waals surface area contributed by atoms with Gasteiger partial charge < -0.3 is 9.84 Å². The second kappa shape index (κ2) is 5.60. The van der Waals surface area contributed by atoms with E-state index in [1.807, 2.05) is 0 Å². The molecule has 1 aromatic rings. The molecule has 1 N–H and O–H groups in total. The minimum Gasteiger partial charge on any atom is -0.481 e. The number of hydrogen-bond donors (Lipinski definition) is 1. The fourth-order valence-corrected chi connectivity index (χ4v) is 1.44. The highest BCUT2D eigenvalue weighted by Gasteiger charge is 2.15. The van der Waals surface area contributed by atoms with E-state index in [0.717, 1.165) is 5.69 Å². The summed E-state index contributed by atoms with van der Waals surface area (Å²) in [6.07, 6.45) is -0.114. The van der Waals surface area contributed by atoms with Gasteiger partial charge in [-0.1, -0.05) is 19.1 Å². The molecule has 0 aromatic carbocycles. The Hall–Kier alpha value is -1.43. The predicted octanol–water partition coefficient (Wildman–Crippen LogP) is 0.708. The van der Waals surface area contributed by atoms with Crippen LogP contribution in [0.1, 0.15) is 25.2 Å². The number of carbonyl (C=O) groups is 1. The van der Waals surface area contributed by atoms with Crippen LogP contribution in [0.5, 0.6) is 0 Å². The van der Waals surface area contributed by atoms with Crippen LogP contribution in [0.25, 0.3) is 0 Å². The maximum atomic E-state index is 10.6. The molecule has 0 radical (unpaired) electrons.